The molecule has 18 heavy (non-hydrogen) atoms. The van der Waals surface area contributed by atoms with Crippen LogP contribution in [0.2, 0.25) is 0 Å². The molecule has 0 aromatic carbocycles. The molecular formula is C12H21N3O2S. The van der Waals surface area contributed by atoms with Crippen LogP contribution < -0.4 is 5.32 Å². The van der Waals surface area contributed by atoms with E-state index < -0.39 is 0 Å². The molecule has 2 amide bonds. The minimum absolute atomic E-state index is 0.0386. The molecule has 0 radical (unpaired) electrons. The Morgan fingerprint density at radius 1 is 1.50 bits per heavy atom. The van der Waals surface area contributed by atoms with Gasteiger partial charge in [0.2, 0.25) is 0 Å². The summed E-state index contributed by atoms with van der Waals surface area (Å²) in [4.78, 5) is 18.9. The van der Waals surface area contributed by atoms with Crippen LogP contribution in [0.5, 0.6) is 0 Å². The molecule has 1 rings (SSSR count). The normalized spacial score (nSPS) is 10.4. The summed E-state index contributed by atoms with van der Waals surface area (Å²) in [7, 11) is 1.65. The summed E-state index contributed by atoms with van der Waals surface area (Å²) in [5, 5.41) is 12.2. The molecule has 0 fully saturated rings. The molecule has 1 aromatic rings. The zero-order chi connectivity index (χ0) is 13.5. The van der Waals surface area contributed by atoms with Crippen LogP contribution in [0, 0.1) is 0 Å². The number of nitrogens with one attached hydrogen (secondary N) is 1. The number of anilines is 1. The van der Waals surface area contributed by atoms with Gasteiger partial charge in [-0.05, 0) is 12.8 Å². The largest absolute Gasteiger partial charge is 0.395 e. The molecule has 0 aliphatic heterocycles. The Bertz CT molecular complexity index is 393. The highest BCUT2D eigenvalue weighted by Crippen LogP contribution is 2.24. The Balaban J connectivity index is 2.69. The van der Waals surface area contributed by atoms with Gasteiger partial charge in [0.05, 0.1) is 12.3 Å². The topological polar surface area (TPSA) is 65.5 Å². The van der Waals surface area contributed by atoms with Crippen LogP contribution in [0.4, 0.5) is 9.93 Å². The van der Waals surface area contributed by atoms with Gasteiger partial charge in [-0.2, -0.15) is 0 Å². The molecule has 1 aromatic heterocycles. The lowest BCUT2D eigenvalue weighted by atomic mass is 10.2. The Kier molecular flexibility index (Phi) is 6.07. The molecule has 0 atom stereocenters. The van der Waals surface area contributed by atoms with Crippen molar-refractivity contribution >= 4 is 22.5 Å². The maximum atomic E-state index is 11.7. The lowest BCUT2D eigenvalue weighted by molar-refractivity contribution is 0.202. The van der Waals surface area contributed by atoms with Gasteiger partial charge in [0, 0.05) is 18.5 Å². The Morgan fingerprint density at radius 3 is 2.78 bits per heavy atom. The van der Waals surface area contributed by atoms with Gasteiger partial charge in [-0.15, -0.1) is 11.3 Å². The van der Waals surface area contributed by atoms with Crippen molar-refractivity contribution in [3.63, 3.8) is 0 Å². The minimum atomic E-state index is -0.233. The first-order valence-corrected chi connectivity index (χ1v) is 7.05. The fourth-order valence-electron chi connectivity index (χ4n) is 1.58. The smallest absolute Gasteiger partial charge is 0.323 e. The molecule has 2 N–H and O–H groups in total. The molecule has 0 aliphatic rings. The number of nitrogens with zero attached hydrogens (tertiary/aromatic N) is 2. The Labute approximate surface area is 112 Å². The third-order valence-corrected chi connectivity index (χ3v) is 3.74. The third-order valence-electron chi connectivity index (χ3n) is 2.58. The first-order chi connectivity index (χ1) is 8.62. The summed E-state index contributed by atoms with van der Waals surface area (Å²) in [6.07, 6.45) is 2.94. The van der Waals surface area contributed by atoms with Crippen LogP contribution in [-0.2, 0) is 12.8 Å². The van der Waals surface area contributed by atoms with Gasteiger partial charge in [0.15, 0.2) is 5.13 Å². The maximum absolute atomic E-state index is 11.7. The van der Waals surface area contributed by atoms with Crippen molar-refractivity contribution in [2.24, 2.45) is 0 Å². The van der Waals surface area contributed by atoms with Gasteiger partial charge in [0.1, 0.15) is 0 Å². The maximum Gasteiger partial charge on any atom is 0.323 e. The van der Waals surface area contributed by atoms with Crippen molar-refractivity contribution in [2.45, 2.75) is 33.1 Å². The van der Waals surface area contributed by atoms with Gasteiger partial charge in [0.25, 0.3) is 0 Å². The van der Waals surface area contributed by atoms with Crippen molar-refractivity contribution in [1.29, 1.82) is 0 Å². The summed E-state index contributed by atoms with van der Waals surface area (Å²) in [6, 6.07) is -0.233. The Morgan fingerprint density at radius 2 is 2.22 bits per heavy atom. The van der Waals surface area contributed by atoms with E-state index in [-0.39, 0.29) is 12.6 Å². The summed E-state index contributed by atoms with van der Waals surface area (Å²) in [5.74, 6) is 0. The van der Waals surface area contributed by atoms with Crippen LogP contribution >= 0.6 is 11.3 Å². The molecule has 0 bridgehead atoms. The number of hydrogen-bond acceptors (Lipinski definition) is 4. The number of amides is 2. The molecule has 0 saturated carbocycles. The molecule has 1 heterocycles. The molecule has 6 heteroatoms. The average molecular weight is 271 g/mol. The van der Waals surface area contributed by atoms with Crippen molar-refractivity contribution in [3.05, 3.63) is 10.6 Å². The number of likely N-dealkylation sites (N-methyl/N-ethyl adjacent to an activating group) is 1. The molecule has 0 unspecified atom stereocenters. The highest BCUT2D eigenvalue weighted by Gasteiger charge is 2.13. The number of aromatic nitrogens is 1. The van der Waals surface area contributed by atoms with E-state index in [9.17, 15) is 4.79 Å². The zero-order valence-corrected chi connectivity index (χ0v) is 12.0. The Hall–Kier alpha value is -1.14. The van der Waals surface area contributed by atoms with Gasteiger partial charge in [-0.1, -0.05) is 20.3 Å². The lowest BCUT2D eigenvalue weighted by Gasteiger charge is -2.14. The van der Waals surface area contributed by atoms with Crippen LogP contribution in [0.1, 0.15) is 30.8 Å². The standard InChI is InChI=1S/C12H21N3O2S/c1-4-6-9-10(5-2)18-11(13-9)14-12(17)15(3)7-8-16/h16H,4-8H2,1-3H3,(H,13,14,17). The fraction of sp³-hybridized carbons (Fsp3) is 0.667. The quantitative estimate of drug-likeness (QED) is 0.833. The number of carbonyl (C=O) groups is 1. The van der Waals surface area contributed by atoms with Crippen LogP contribution in [0.3, 0.4) is 0 Å². The number of urea groups is 1. The predicted molar refractivity (Wildman–Crippen MR) is 74.2 cm³/mol. The predicted octanol–water partition coefficient (Wildman–Crippen LogP) is 2.11. The second-order valence-electron chi connectivity index (χ2n) is 4.07. The SMILES string of the molecule is CCCc1nc(NC(=O)N(C)CCO)sc1CC. The molecule has 0 spiro atoms. The number of aliphatic hydroxyl groups excluding tert-OH is 1. The minimum Gasteiger partial charge on any atom is -0.395 e. The molecule has 0 saturated heterocycles. The number of aryl methyl sites for hydroxylation is 2. The summed E-state index contributed by atoms with van der Waals surface area (Å²) in [6.45, 7) is 4.49. The van der Waals surface area contributed by atoms with Crippen molar-refractivity contribution in [3.8, 4) is 0 Å². The van der Waals surface area contributed by atoms with Crippen LogP contribution in [0.15, 0.2) is 0 Å². The van der Waals surface area contributed by atoms with Gasteiger partial charge < -0.3 is 10.0 Å². The highest BCUT2D eigenvalue weighted by molar-refractivity contribution is 7.15. The third kappa shape index (κ3) is 3.96. The van der Waals surface area contributed by atoms with Crippen LogP contribution in [-0.4, -0.2) is 41.2 Å². The average Bonchev–Trinajstić information content (AvgIpc) is 2.72. The molecule has 5 nitrogen and oxygen atoms in total. The monoisotopic (exact) mass is 271 g/mol. The fourth-order valence-corrected chi connectivity index (χ4v) is 2.52. The lowest BCUT2D eigenvalue weighted by Crippen LogP contribution is -2.33. The van der Waals surface area contributed by atoms with Crippen molar-refractivity contribution in [2.75, 3.05) is 25.5 Å². The van der Waals surface area contributed by atoms with E-state index in [0.717, 1.165) is 25.0 Å². The van der Waals surface area contributed by atoms with E-state index in [2.05, 4.69) is 24.1 Å². The number of hydrogen-bond donors (Lipinski definition) is 2. The zero-order valence-electron chi connectivity index (χ0n) is 11.2. The van der Waals surface area contributed by atoms with E-state index in [0.29, 0.717) is 11.7 Å². The van der Waals surface area contributed by atoms with E-state index in [1.54, 1.807) is 7.05 Å². The van der Waals surface area contributed by atoms with E-state index in [1.807, 2.05) is 0 Å². The second-order valence-corrected chi connectivity index (χ2v) is 5.15. The molecule has 102 valence electrons. The number of carbonyl (C=O) groups excluding carboxylic acids is 1. The molecular weight excluding hydrogens is 250 g/mol. The number of rotatable bonds is 6. The highest BCUT2D eigenvalue weighted by atomic mass is 32.1. The van der Waals surface area contributed by atoms with Crippen LogP contribution in [0.25, 0.3) is 0 Å². The van der Waals surface area contributed by atoms with Gasteiger partial charge in [-0.25, -0.2) is 9.78 Å². The number of aliphatic hydroxyl groups is 1. The summed E-state index contributed by atoms with van der Waals surface area (Å²) < 4.78 is 0. The van der Waals surface area contributed by atoms with E-state index in [4.69, 9.17) is 5.11 Å². The van der Waals surface area contributed by atoms with Gasteiger partial charge >= 0.3 is 6.03 Å². The van der Waals surface area contributed by atoms with Crippen molar-refractivity contribution < 1.29 is 9.90 Å². The summed E-state index contributed by atoms with van der Waals surface area (Å²) in [5.41, 5.74) is 1.09. The molecule has 0 aliphatic carbocycles. The van der Waals surface area contributed by atoms with E-state index in [1.165, 1.54) is 21.1 Å². The van der Waals surface area contributed by atoms with Gasteiger partial charge in [-0.3, -0.25) is 5.32 Å². The second kappa shape index (κ2) is 7.33. The summed E-state index contributed by atoms with van der Waals surface area (Å²) >= 11 is 1.53. The number of thiazole rings is 1. The first kappa shape index (κ1) is 14.9. The van der Waals surface area contributed by atoms with E-state index >= 15 is 0 Å². The van der Waals surface area contributed by atoms with Crippen molar-refractivity contribution in [1.82, 2.24) is 9.88 Å². The first-order valence-electron chi connectivity index (χ1n) is 6.23.